The summed E-state index contributed by atoms with van der Waals surface area (Å²) in [6.45, 7) is 2.52. The van der Waals surface area contributed by atoms with E-state index in [1.807, 2.05) is 0 Å². The highest BCUT2D eigenvalue weighted by molar-refractivity contribution is 7.90. The summed E-state index contributed by atoms with van der Waals surface area (Å²) in [6, 6.07) is 7.32. The summed E-state index contributed by atoms with van der Waals surface area (Å²) >= 11 is 0. The van der Waals surface area contributed by atoms with E-state index in [2.05, 4.69) is 5.32 Å². The number of hydrogen-bond donors (Lipinski definition) is 1. The quantitative estimate of drug-likeness (QED) is 0.479. The molecule has 0 aliphatic carbocycles. The van der Waals surface area contributed by atoms with Crippen molar-refractivity contribution in [3.05, 3.63) is 57.6 Å². The molecule has 0 bridgehead atoms. The van der Waals surface area contributed by atoms with E-state index in [4.69, 9.17) is 0 Å². The number of hydrogen-bond acceptors (Lipinski definition) is 7. The predicted octanol–water partition coefficient (Wildman–Crippen LogP) is 3.12. The normalized spacial score (nSPS) is 15.6. The first kappa shape index (κ1) is 24.8. The smallest absolute Gasteiger partial charge is 0.271 e. The lowest BCUT2D eigenvalue weighted by molar-refractivity contribution is -0.385. The molecule has 3 rings (SSSR count). The second kappa shape index (κ2) is 9.57. The minimum atomic E-state index is -3.80. The van der Waals surface area contributed by atoms with Gasteiger partial charge in [-0.05, 0) is 43.5 Å². The topological polar surface area (TPSA) is 144 Å². The van der Waals surface area contributed by atoms with E-state index < -0.39 is 36.4 Å². The number of nitrogens with zero attached hydrogens (tertiary/aromatic N) is 2. The van der Waals surface area contributed by atoms with Gasteiger partial charge < -0.3 is 5.32 Å². The van der Waals surface area contributed by atoms with Crippen molar-refractivity contribution >= 4 is 37.1 Å². The molecule has 2 aromatic rings. The number of nitro benzene ring substituents is 1. The molecule has 0 unspecified atom stereocenters. The van der Waals surface area contributed by atoms with Crippen molar-refractivity contribution < 1.29 is 26.6 Å². The van der Waals surface area contributed by atoms with Crippen LogP contribution in [0.15, 0.2) is 46.2 Å². The monoisotopic (exact) mass is 495 g/mol. The van der Waals surface area contributed by atoms with Crippen molar-refractivity contribution in [1.29, 1.82) is 0 Å². The Morgan fingerprint density at radius 3 is 2.21 bits per heavy atom. The lowest BCUT2D eigenvalue weighted by atomic mass is 10.1. The summed E-state index contributed by atoms with van der Waals surface area (Å²) in [5, 5.41) is 13.7. The zero-order valence-corrected chi connectivity index (χ0v) is 19.9. The Hall–Kier alpha value is -2.83. The summed E-state index contributed by atoms with van der Waals surface area (Å²) in [6.07, 6.45) is 4.39. The van der Waals surface area contributed by atoms with Gasteiger partial charge in [-0.15, -0.1) is 0 Å². The molecular formula is C21H25N3O7S2. The first-order valence-corrected chi connectivity index (χ1v) is 13.6. The van der Waals surface area contributed by atoms with Crippen LogP contribution >= 0.6 is 0 Å². The maximum atomic E-state index is 13.2. The van der Waals surface area contributed by atoms with Crippen LogP contribution in [-0.2, 0) is 19.9 Å². The van der Waals surface area contributed by atoms with E-state index in [-0.39, 0.29) is 21.0 Å². The van der Waals surface area contributed by atoms with Crippen molar-refractivity contribution in [2.45, 2.75) is 42.4 Å². The first-order valence-electron chi connectivity index (χ1n) is 10.3. The van der Waals surface area contributed by atoms with Crippen LogP contribution in [0.5, 0.6) is 0 Å². The number of nitro groups is 1. The van der Waals surface area contributed by atoms with E-state index in [9.17, 15) is 31.7 Å². The van der Waals surface area contributed by atoms with Gasteiger partial charge in [0.05, 0.1) is 14.7 Å². The van der Waals surface area contributed by atoms with Gasteiger partial charge in [0.1, 0.15) is 0 Å². The molecule has 0 atom stereocenters. The molecule has 1 amide bonds. The maximum absolute atomic E-state index is 13.2. The molecule has 178 valence electrons. The molecule has 12 heteroatoms. The highest BCUT2D eigenvalue weighted by Crippen LogP contribution is 2.27. The van der Waals surface area contributed by atoms with E-state index in [1.165, 1.54) is 16.4 Å². The van der Waals surface area contributed by atoms with Crippen LogP contribution in [0.3, 0.4) is 0 Å². The summed E-state index contributed by atoms with van der Waals surface area (Å²) in [4.78, 5) is 22.9. The Morgan fingerprint density at radius 1 is 1.00 bits per heavy atom. The molecule has 10 nitrogen and oxygen atoms in total. The molecule has 0 saturated carbocycles. The highest BCUT2D eigenvalue weighted by atomic mass is 32.2. The zero-order valence-electron chi connectivity index (χ0n) is 18.3. The molecule has 0 radical (unpaired) electrons. The number of sulfone groups is 1. The van der Waals surface area contributed by atoms with E-state index in [1.54, 1.807) is 13.0 Å². The molecule has 1 N–H and O–H groups in total. The van der Waals surface area contributed by atoms with Gasteiger partial charge in [0, 0.05) is 42.7 Å². The van der Waals surface area contributed by atoms with Gasteiger partial charge in [-0.25, -0.2) is 16.8 Å². The number of carbonyl (C=O) groups is 1. The average molecular weight is 496 g/mol. The van der Waals surface area contributed by atoms with Crippen molar-refractivity contribution in [3.8, 4) is 0 Å². The number of anilines is 1. The number of carbonyl (C=O) groups excluding carboxylic acids is 1. The van der Waals surface area contributed by atoms with E-state index in [0.717, 1.165) is 50.1 Å². The minimum Gasteiger partial charge on any atom is -0.322 e. The molecule has 1 aliphatic rings. The van der Waals surface area contributed by atoms with Crippen LogP contribution in [0.4, 0.5) is 11.4 Å². The van der Waals surface area contributed by atoms with Gasteiger partial charge in [0.2, 0.25) is 10.0 Å². The molecule has 33 heavy (non-hydrogen) atoms. The molecule has 0 aromatic heterocycles. The van der Waals surface area contributed by atoms with Crippen LogP contribution in [0.25, 0.3) is 0 Å². The van der Waals surface area contributed by atoms with E-state index >= 15 is 0 Å². The highest BCUT2D eigenvalue weighted by Gasteiger charge is 2.27. The zero-order chi connectivity index (χ0) is 24.4. The maximum Gasteiger partial charge on any atom is 0.271 e. The number of amides is 1. The third-order valence-corrected chi connectivity index (χ3v) is 8.55. The van der Waals surface area contributed by atoms with Crippen LogP contribution in [-0.4, -0.2) is 51.3 Å². The number of sulfonamides is 1. The Balaban J connectivity index is 1.94. The average Bonchev–Trinajstić information content (AvgIpc) is 3.04. The summed E-state index contributed by atoms with van der Waals surface area (Å²) in [7, 11) is -7.57. The number of non-ortho nitro benzene ring substituents is 1. The number of aryl methyl sites for hydroxylation is 1. The SMILES string of the molecule is Cc1ccc(NC(=O)c2cc([N+](=O)[O-])cc(S(C)(=O)=O)c2)cc1S(=O)(=O)N1CCCCCC1. The third kappa shape index (κ3) is 5.75. The molecule has 1 saturated heterocycles. The summed E-state index contributed by atoms with van der Waals surface area (Å²) in [5.41, 5.74) is -0.0862. The number of benzene rings is 2. The van der Waals surface area contributed by atoms with Crippen LogP contribution in [0, 0.1) is 17.0 Å². The Labute approximate surface area is 192 Å². The standard InChI is InChI=1S/C21H25N3O7S2/c1-15-7-8-17(13-20(15)33(30,31)23-9-5-3-4-6-10-23)22-21(25)16-11-18(24(26)27)14-19(12-16)32(2,28)29/h7-8,11-14H,3-6,9-10H2,1-2H3,(H,22,25). The Bertz CT molecular complexity index is 1300. The van der Waals surface area contributed by atoms with Gasteiger partial charge in [0.25, 0.3) is 11.6 Å². The Morgan fingerprint density at radius 2 is 1.64 bits per heavy atom. The molecule has 0 spiro atoms. The second-order valence-corrected chi connectivity index (χ2v) is 11.9. The fraction of sp³-hybridized carbons (Fsp3) is 0.381. The van der Waals surface area contributed by atoms with Crippen molar-refractivity contribution in [1.82, 2.24) is 4.31 Å². The van der Waals surface area contributed by atoms with Gasteiger partial charge in [-0.2, -0.15) is 4.31 Å². The Kier molecular flexibility index (Phi) is 7.20. The molecule has 1 fully saturated rings. The lowest BCUT2D eigenvalue weighted by Crippen LogP contribution is -2.32. The van der Waals surface area contributed by atoms with Gasteiger partial charge in [-0.1, -0.05) is 18.9 Å². The van der Waals surface area contributed by atoms with Crippen molar-refractivity contribution in [2.75, 3.05) is 24.7 Å². The molecule has 1 aliphatic heterocycles. The molecule has 2 aromatic carbocycles. The van der Waals surface area contributed by atoms with Crippen molar-refractivity contribution in [3.63, 3.8) is 0 Å². The van der Waals surface area contributed by atoms with Gasteiger partial charge >= 0.3 is 0 Å². The van der Waals surface area contributed by atoms with Gasteiger partial charge in [-0.3, -0.25) is 14.9 Å². The lowest BCUT2D eigenvalue weighted by Gasteiger charge is -2.21. The van der Waals surface area contributed by atoms with Crippen LogP contribution in [0.1, 0.15) is 41.6 Å². The second-order valence-electron chi connectivity index (χ2n) is 8.00. The molecular weight excluding hydrogens is 470 g/mol. The van der Waals surface area contributed by atoms with E-state index in [0.29, 0.717) is 18.7 Å². The van der Waals surface area contributed by atoms with Crippen LogP contribution < -0.4 is 5.32 Å². The summed E-state index contributed by atoms with van der Waals surface area (Å²) < 4.78 is 51.6. The van der Waals surface area contributed by atoms with Crippen molar-refractivity contribution in [2.24, 2.45) is 0 Å². The molecule has 1 heterocycles. The summed E-state index contributed by atoms with van der Waals surface area (Å²) in [5.74, 6) is -0.800. The number of rotatable bonds is 6. The largest absolute Gasteiger partial charge is 0.322 e. The fourth-order valence-corrected chi connectivity index (χ4v) is 6.06. The predicted molar refractivity (Wildman–Crippen MR) is 123 cm³/mol. The minimum absolute atomic E-state index is 0.0677. The number of nitrogens with one attached hydrogen (secondary N) is 1. The fourth-order valence-electron chi connectivity index (χ4n) is 3.61. The van der Waals surface area contributed by atoms with Gasteiger partial charge in [0.15, 0.2) is 9.84 Å². The first-order chi connectivity index (χ1) is 15.4. The van der Waals surface area contributed by atoms with Crippen LogP contribution in [0.2, 0.25) is 0 Å². The third-order valence-electron chi connectivity index (χ3n) is 5.42.